The van der Waals surface area contributed by atoms with Crippen molar-refractivity contribution in [2.75, 3.05) is 36.4 Å². The van der Waals surface area contributed by atoms with Gasteiger partial charge in [-0.2, -0.15) is 10.9 Å². The minimum Gasteiger partial charge on any atom is -0.451 e. The van der Waals surface area contributed by atoms with Crippen LogP contribution < -0.4 is 30.4 Å². The lowest BCUT2D eigenvalue weighted by Crippen LogP contribution is -2.54. The van der Waals surface area contributed by atoms with Crippen molar-refractivity contribution in [1.82, 2.24) is 19.6 Å². The number of hydrogen-bond acceptors (Lipinski definition) is 13. The standard InChI is InChI=1S/C49H60N8O8S/c1-31(2)37-7-4-5-8-38(37)41-9-6-22-56(41)35-28-49(29-35)19-23-55(24-20-49)34-10-12-39(43(26-34)64-44-25-33-16-21-51-45(33)53-47(44)65-50)46(58)54-66(62,63)36-11-13-40(42(27-36)57(60)61)52-30-32-14-17-48(3,59)18-15-32/h4-5,7-8,10-13,16,21,25-27,31-32,35,41,52,59H,6,9,14-15,17-20,22-24,28-30,50H2,1-3H3,(H,51,53)(H,54,58)/t32?,41-,48?/m0/s1. The molecule has 4 heterocycles. The number of carbonyl (C=O) groups is 1. The molecule has 2 aliphatic heterocycles. The first-order chi connectivity index (χ1) is 31.6. The molecule has 1 amide bonds. The van der Waals surface area contributed by atoms with Crippen LogP contribution in [0.3, 0.4) is 0 Å². The molecule has 0 unspecified atom stereocenters. The van der Waals surface area contributed by atoms with E-state index in [1.807, 2.05) is 0 Å². The largest absolute Gasteiger partial charge is 0.451 e. The number of nitrogens with two attached hydrogens (primary N) is 1. The molecule has 4 aliphatic rings. The van der Waals surface area contributed by atoms with Crippen LogP contribution in [0.5, 0.6) is 17.4 Å². The predicted molar refractivity (Wildman–Crippen MR) is 252 cm³/mol. The number of sulfonamides is 1. The van der Waals surface area contributed by atoms with Gasteiger partial charge in [0.1, 0.15) is 17.1 Å². The number of ether oxygens (including phenoxy) is 1. The Kier molecular flexibility index (Phi) is 12.5. The van der Waals surface area contributed by atoms with Gasteiger partial charge in [0.05, 0.1) is 21.0 Å². The summed E-state index contributed by atoms with van der Waals surface area (Å²) < 4.78 is 36.1. The number of H-pyrrole nitrogens is 1. The second-order valence-corrected chi connectivity index (χ2v) is 21.2. The fourth-order valence-corrected chi connectivity index (χ4v) is 11.9. The first kappa shape index (κ1) is 45.4. The van der Waals surface area contributed by atoms with Crippen molar-refractivity contribution in [3.05, 3.63) is 106 Å². The lowest BCUT2D eigenvalue weighted by molar-refractivity contribution is -0.384. The van der Waals surface area contributed by atoms with Crippen LogP contribution in [0.2, 0.25) is 0 Å². The highest BCUT2D eigenvalue weighted by molar-refractivity contribution is 7.90. The Bertz CT molecular complexity index is 2710. The van der Waals surface area contributed by atoms with Gasteiger partial charge in [-0.1, -0.05) is 38.1 Å². The van der Waals surface area contributed by atoms with Crippen molar-refractivity contribution in [2.24, 2.45) is 17.2 Å². The van der Waals surface area contributed by atoms with E-state index in [9.17, 15) is 28.4 Å². The molecule has 350 valence electrons. The third kappa shape index (κ3) is 9.30. The topological polar surface area (TPSA) is 218 Å². The quantitative estimate of drug-likeness (QED) is 0.0521. The molecule has 5 aromatic rings. The van der Waals surface area contributed by atoms with Crippen LogP contribution in [0.1, 0.15) is 118 Å². The van der Waals surface area contributed by atoms with Gasteiger partial charge in [-0.05, 0) is 142 Å². The number of hydrogen-bond donors (Lipinski definition) is 5. The number of aliphatic hydroxyl groups is 1. The zero-order chi connectivity index (χ0) is 46.4. The zero-order valence-corrected chi connectivity index (χ0v) is 38.6. The van der Waals surface area contributed by atoms with Gasteiger partial charge in [-0.15, -0.1) is 0 Å². The van der Waals surface area contributed by atoms with Crippen molar-refractivity contribution in [1.29, 1.82) is 0 Å². The van der Waals surface area contributed by atoms with Crippen molar-refractivity contribution >= 4 is 44.0 Å². The van der Waals surface area contributed by atoms with Crippen LogP contribution in [-0.4, -0.2) is 77.0 Å². The maximum atomic E-state index is 14.1. The van der Waals surface area contributed by atoms with E-state index in [1.165, 1.54) is 55.0 Å². The molecule has 4 fully saturated rings. The number of amides is 1. The molecule has 2 saturated carbocycles. The van der Waals surface area contributed by atoms with Crippen LogP contribution in [0.15, 0.2) is 83.9 Å². The first-order valence-corrected chi connectivity index (χ1v) is 24.7. The number of nitro groups is 1. The number of fused-ring (bicyclic) bond motifs is 1. The van der Waals surface area contributed by atoms with E-state index in [2.05, 4.69) is 67.9 Å². The molecule has 17 heteroatoms. The number of pyridine rings is 1. The summed E-state index contributed by atoms with van der Waals surface area (Å²) in [6, 6.07) is 21.9. The summed E-state index contributed by atoms with van der Waals surface area (Å²) in [4.78, 5) is 42.7. The molecule has 9 rings (SSSR count). The van der Waals surface area contributed by atoms with Gasteiger partial charge in [0.25, 0.3) is 27.5 Å². The molecule has 2 aromatic heterocycles. The lowest BCUT2D eigenvalue weighted by Gasteiger charge is -2.56. The number of aromatic amines is 1. The van der Waals surface area contributed by atoms with E-state index in [0.29, 0.717) is 48.4 Å². The maximum absolute atomic E-state index is 14.1. The normalized spacial score (nSPS) is 22.4. The summed E-state index contributed by atoms with van der Waals surface area (Å²) >= 11 is 0. The highest BCUT2D eigenvalue weighted by Crippen LogP contribution is 2.54. The lowest BCUT2D eigenvalue weighted by atomic mass is 9.59. The van der Waals surface area contributed by atoms with Gasteiger partial charge >= 0.3 is 0 Å². The second kappa shape index (κ2) is 18.1. The number of likely N-dealkylation sites (tertiary alicyclic amines) is 1. The molecule has 66 heavy (non-hydrogen) atoms. The highest BCUT2D eigenvalue weighted by atomic mass is 32.2. The molecule has 3 aromatic carbocycles. The number of nitrogens with zero attached hydrogens (tertiary/aromatic N) is 4. The average Bonchev–Trinajstić information content (AvgIpc) is 3.97. The molecular weight excluding hydrogens is 861 g/mol. The van der Waals surface area contributed by atoms with Gasteiger partial charge in [0.15, 0.2) is 5.75 Å². The minimum absolute atomic E-state index is 0.0377. The Morgan fingerprint density at radius 1 is 1.00 bits per heavy atom. The van der Waals surface area contributed by atoms with Crippen molar-refractivity contribution in [3.63, 3.8) is 0 Å². The Morgan fingerprint density at radius 3 is 2.48 bits per heavy atom. The zero-order valence-electron chi connectivity index (χ0n) is 37.8. The number of piperidine rings is 1. The second-order valence-electron chi connectivity index (χ2n) is 19.5. The van der Waals surface area contributed by atoms with E-state index in [0.717, 1.165) is 57.1 Å². The van der Waals surface area contributed by atoms with Crippen LogP contribution in [0, 0.1) is 21.4 Å². The summed E-state index contributed by atoms with van der Waals surface area (Å²) in [6.07, 6.45) is 11.3. The number of rotatable bonds is 14. The van der Waals surface area contributed by atoms with Crippen LogP contribution in [-0.2, 0) is 10.0 Å². The molecular formula is C49H60N8O8S. The third-order valence-electron chi connectivity index (χ3n) is 14.7. The maximum Gasteiger partial charge on any atom is 0.293 e. The molecule has 1 spiro atoms. The highest BCUT2D eigenvalue weighted by Gasteiger charge is 2.50. The fourth-order valence-electron chi connectivity index (χ4n) is 10.9. The van der Waals surface area contributed by atoms with E-state index in [4.69, 9.17) is 15.5 Å². The van der Waals surface area contributed by atoms with E-state index in [1.54, 1.807) is 37.4 Å². The number of aromatic nitrogens is 2. The average molecular weight is 921 g/mol. The van der Waals surface area contributed by atoms with Gasteiger partial charge in [0, 0.05) is 61.1 Å². The Hall–Kier alpha value is -5.75. The summed E-state index contributed by atoms with van der Waals surface area (Å²) in [5.74, 6) is 5.38. The summed E-state index contributed by atoms with van der Waals surface area (Å²) in [5, 5.41) is 26.3. The fraction of sp³-hybridized carbons (Fsp3) is 0.469. The van der Waals surface area contributed by atoms with Crippen molar-refractivity contribution in [2.45, 2.75) is 113 Å². The molecule has 6 N–H and O–H groups in total. The number of nitro benzene ring substituents is 1. The summed E-state index contributed by atoms with van der Waals surface area (Å²) in [7, 11) is -4.62. The van der Waals surface area contributed by atoms with Crippen LogP contribution in [0.4, 0.5) is 17.1 Å². The van der Waals surface area contributed by atoms with Gasteiger partial charge in [-0.3, -0.25) is 19.8 Å². The summed E-state index contributed by atoms with van der Waals surface area (Å²) in [5.41, 5.74) is 3.39. The SMILES string of the molecule is CC(C)c1ccccc1[C@@H]1CCCN1C1CC2(CCN(c3ccc(C(=O)NS(=O)(=O)c4ccc(NCC5CCC(C)(O)CC5)c([N+](=O)[O-])c4)c(Oc4cc5cc[nH]c5nc4ON)c3)CC2)C1. The van der Waals surface area contributed by atoms with Gasteiger partial charge in [-0.25, -0.2) is 13.1 Å². The Balaban J connectivity index is 0.918. The van der Waals surface area contributed by atoms with E-state index in [-0.39, 0.29) is 40.0 Å². The third-order valence-corrected chi connectivity index (χ3v) is 16.1. The number of benzene rings is 3. The Morgan fingerprint density at radius 2 is 1.76 bits per heavy atom. The molecule has 2 aliphatic carbocycles. The molecule has 0 bridgehead atoms. The van der Waals surface area contributed by atoms with Crippen molar-refractivity contribution in [3.8, 4) is 17.4 Å². The minimum atomic E-state index is -4.62. The first-order valence-electron chi connectivity index (χ1n) is 23.2. The predicted octanol–water partition coefficient (Wildman–Crippen LogP) is 8.70. The molecule has 1 atom stereocenters. The molecule has 2 saturated heterocycles. The number of carbonyl (C=O) groups excluding carboxylic acids is 1. The molecule has 0 radical (unpaired) electrons. The van der Waals surface area contributed by atoms with E-state index < -0.39 is 37.0 Å². The van der Waals surface area contributed by atoms with Gasteiger partial charge in [0.2, 0.25) is 0 Å². The smallest absolute Gasteiger partial charge is 0.293 e. The number of nitrogens with one attached hydrogen (secondary N) is 3. The van der Waals surface area contributed by atoms with Crippen molar-refractivity contribution < 1.29 is 32.8 Å². The number of anilines is 2. The van der Waals surface area contributed by atoms with Gasteiger partial charge < -0.3 is 29.9 Å². The van der Waals surface area contributed by atoms with Crippen LogP contribution in [0.25, 0.3) is 11.0 Å². The summed E-state index contributed by atoms with van der Waals surface area (Å²) in [6.45, 7) is 9.52. The van der Waals surface area contributed by atoms with E-state index >= 15 is 0 Å². The molecule has 16 nitrogen and oxygen atoms in total. The monoisotopic (exact) mass is 920 g/mol. The Labute approximate surface area is 385 Å². The van der Waals surface area contributed by atoms with Crippen LogP contribution >= 0.6 is 0 Å².